The van der Waals surface area contributed by atoms with E-state index in [2.05, 4.69) is 18.8 Å². The first kappa shape index (κ1) is 9.28. The van der Waals surface area contributed by atoms with Gasteiger partial charge in [-0.05, 0) is 19.3 Å². The van der Waals surface area contributed by atoms with Crippen LogP contribution < -0.4 is 0 Å². The third-order valence-corrected chi connectivity index (χ3v) is 2.14. The van der Waals surface area contributed by atoms with Crippen molar-refractivity contribution in [3.8, 4) is 11.8 Å². The maximum atomic E-state index is 11.4. The lowest BCUT2D eigenvalue weighted by Gasteiger charge is -2.10. The number of ether oxygens (including phenoxy) is 1. The summed E-state index contributed by atoms with van der Waals surface area (Å²) in [5, 5.41) is 0. The van der Waals surface area contributed by atoms with E-state index in [-0.39, 0.29) is 11.9 Å². The first-order valence-corrected chi connectivity index (χ1v) is 4.29. The minimum atomic E-state index is -0.189. The van der Waals surface area contributed by atoms with E-state index in [1.165, 1.54) is 0 Å². The van der Waals surface area contributed by atoms with E-state index < -0.39 is 0 Å². The quantitative estimate of drug-likeness (QED) is 0.579. The molecule has 0 aromatic rings. The monoisotopic (exact) mass is 166 g/mol. The molecule has 1 aliphatic heterocycles. The molecule has 66 valence electrons. The number of rotatable bonds is 2. The molecule has 1 heterocycles. The predicted octanol–water partition coefficient (Wildman–Crippen LogP) is 1.39. The average Bonchev–Trinajstić information content (AvgIpc) is 2.47. The molecule has 2 nitrogen and oxygen atoms in total. The molecular weight excluding hydrogens is 152 g/mol. The van der Waals surface area contributed by atoms with Gasteiger partial charge in [-0.15, -0.1) is 5.92 Å². The van der Waals surface area contributed by atoms with Crippen LogP contribution in [-0.2, 0) is 9.53 Å². The molecule has 0 aliphatic carbocycles. The summed E-state index contributed by atoms with van der Waals surface area (Å²) in [7, 11) is 0. The van der Waals surface area contributed by atoms with Gasteiger partial charge in [0.15, 0.2) is 5.78 Å². The third-order valence-electron chi connectivity index (χ3n) is 2.14. The molecule has 1 rings (SSSR count). The zero-order chi connectivity index (χ0) is 8.97. The first-order chi connectivity index (χ1) is 5.75. The Balaban J connectivity index is 2.44. The zero-order valence-electron chi connectivity index (χ0n) is 7.59. The van der Waals surface area contributed by atoms with Gasteiger partial charge >= 0.3 is 0 Å². The third kappa shape index (κ3) is 2.09. The number of hydrogen-bond acceptors (Lipinski definition) is 2. The second kappa shape index (κ2) is 4.27. The Bertz CT molecular complexity index is 222. The van der Waals surface area contributed by atoms with Crippen LogP contribution in [-0.4, -0.2) is 18.5 Å². The molecule has 0 bridgehead atoms. The molecule has 1 saturated heterocycles. The summed E-state index contributed by atoms with van der Waals surface area (Å²) in [4.78, 5) is 11.4. The fourth-order valence-corrected chi connectivity index (χ4v) is 1.38. The highest BCUT2D eigenvalue weighted by Gasteiger charge is 2.29. The first-order valence-electron chi connectivity index (χ1n) is 4.29. The van der Waals surface area contributed by atoms with Crippen LogP contribution in [0, 0.1) is 17.8 Å². The number of ketones is 1. The predicted molar refractivity (Wildman–Crippen MR) is 46.6 cm³/mol. The van der Waals surface area contributed by atoms with Crippen LogP contribution >= 0.6 is 0 Å². The van der Waals surface area contributed by atoms with Crippen LogP contribution in [0.5, 0.6) is 0 Å². The number of hydrogen-bond donors (Lipinski definition) is 0. The molecule has 2 unspecified atom stereocenters. The van der Waals surface area contributed by atoms with Crippen LogP contribution in [0.15, 0.2) is 0 Å². The van der Waals surface area contributed by atoms with Crippen molar-refractivity contribution in [3.05, 3.63) is 0 Å². The van der Waals surface area contributed by atoms with Crippen molar-refractivity contribution >= 4 is 5.78 Å². The highest BCUT2D eigenvalue weighted by atomic mass is 16.5. The normalized spacial score (nSPS) is 27.8. The summed E-state index contributed by atoms with van der Waals surface area (Å²) in [6, 6.07) is 0. The highest BCUT2D eigenvalue weighted by molar-refractivity contribution is 5.85. The lowest BCUT2D eigenvalue weighted by atomic mass is 9.99. The van der Waals surface area contributed by atoms with E-state index >= 15 is 0 Å². The Morgan fingerprint density at radius 1 is 1.67 bits per heavy atom. The number of carbonyl (C=O) groups is 1. The second-order valence-corrected chi connectivity index (χ2v) is 3.13. The van der Waals surface area contributed by atoms with Gasteiger partial charge in [-0.2, -0.15) is 0 Å². The van der Waals surface area contributed by atoms with Gasteiger partial charge in [-0.25, -0.2) is 0 Å². The molecule has 0 radical (unpaired) electrons. The van der Waals surface area contributed by atoms with E-state index in [0.717, 1.165) is 13.0 Å². The summed E-state index contributed by atoms with van der Waals surface area (Å²) < 4.78 is 5.31. The fraction of sp³-hybridized carbons (Fsp3) is 0.700. The molecule has 0 spiro atoms. The minimum absolute atomic E-state index is 0.134. The molecule has 0 saturated carbocycles. The van der Waals surface area contributed by atoms with Crippen LogP contribution in [0.2, 0.25) is 0 Å². The van der Waals surface area contributed by atoms with E-state index in [4.69, 9.17) is 4.74 Å². The Morgan fingerprint density at radius 3 is 2.92 bits per heavy atom. The van der Waals surface area contributed by atoms with Gasteiger partial charge in [0.25, 0.3) is 0 Å². The maximum absolute atomic E-state index is 11.4. The number of Topliss-reactive ketones (excluding diaryl/α,β-unsaturated/α-hetero) is 1. The average molecular weight is 166 g/mol. The van der Waals surface area contributed by atoms with Crippen molar-refractivity contribution in [2.75, 3.05) is 6.61 Å². The molecule has 0 N–H and O–H groups in total. The summed E-state index contributed by atoms with van der Waals surface area (Å²) in [6.45, 7) is 4.51. The molecule has 1 aliphatic rings. The smallest absolute Gasteiger partial charge is 0.173 e. The maximum Gasteiger partial charge on any atom is 0.173 e. The minimum Gasteiger partial charge on any atom is -0.370 e. The molecule has 2 heteroatoms. The molecule has 2 atom stereocenters. The summed E-state index contributed by atoms with van der Waals surface area (Å²) in [5.74, 6) is 5.98. The van der Waals surface area contributed by atoms with Crippen LogP contribution in [0.25, 0.3) is 0 Å². The Kier molecular flexibility index (Phi) is 3.31. The topological polar surface area (TPSA) is 26.3 Å². The Labute approximate surface area is 73.3 Å². The van der Waals surface area contributed by atoms with Gasteiger partial charge in [-0.3, -0.25) is 4.79 Å². The summed E-state index contributed by atoms with van der Waals surface area (Å²) in [6.07, 6.45) is 1.15. The van der Waals surface area contributed by atoms with Crippen molar-refractivity contribution in [1.29, 1.82) is 0 Å². The van der Waals surface area contributed by atoms with E-state index in [0.29, 0.717) is 12.3 Å². The van der Waals surface area contributed by atoms with E-state index in [1.54, 1.807) is 6.92 Å². The van der Waals surface area contributed by atoms with Crippen LogP contribution in [0.3, 0.4) is 0 Å². The van der Waals surface area contributed by atoms with E-state index in [1.807, 2.05) is 0 Å². The lowest BCUT2D eigenvalue weighted by Crippen LogP contribution is -2.24. The van der Waals surface area contributed by atoms with Gasteiger partial charge in [0.1, 0.15) is 6.10 Å². The zero-order valence-corrected chi connectivity index (χ0v) is 7.59. The Hall–Kier alpha value is -0.810. The molecule has 0 aromatic carbocycles. The van der Waals surface area contributed by atoms with Crippen LogP contribution in [0.4, 0.5) is 0 Å². The van der Waals surface area contributed by atoms with Gasteiger partial charge < -0.3 is 4.74 Å². The van der Waals surface area contributed by atoms with Gasteiger partial charge in [0.05, 0.1) is 6.42 Å². The summed E-state index contributed by atoms with van der Waals surface area (Å²) in [5.41, 5.74) is 0. The molecule has 0 amide bonds. The number of carbonyl (C=O) groups excluding carboxylic acids is 1. The van der Waals surface area contributed by atoms with Crippen LogP contribution in [0.1, 0.15) is 26.7 Å². The van der Waals surface area contributed by atoms with Crippen molar-refractivity contribution in [2.45, 2.75) is 32.8 Å². The highest BCUT2D eigenvalue weighted by Crippen LogP contribution is 2.21. The van der Waals surface area contributed by atoms with Crippen molar-refractivity contribution < 1.29 is 9.53 Å². The van der Waals surface area contributed by atoms with Gasteiger partial charge in [0, 0.05) is 6.61 Å². The lowest BCUT2D eigenvalue weighted by molar-refractivity contribution is -0.128. The van der Waals surface area contributed by atoms with Gasteiger partial charge in [0.2, 0.25) is 0 Å². The molecule has 12 heavy (non-hydrogen) atoms. The van der Waals surface area contributed by atoms with Gasteiger partial charge in [-0.1, -0.05) is 12.8 Å². The SMILES string of the molecule is CC#CCC(=O)C1OCCC1C. The van der Waals surface area contributed by atoms with Crippen molar-refractivity contribution in [1.82, 2.24) is 0 Å². The molecular formula is C10H14O2. The standard InChI is InChI=1S/C10H14O2/c1-3-4-5-9(11)10-8(2)6-7-12-10/h8,10H,5-7H2,1-2H3. The van der Waals surface area contributed by atoms with Crippen molar-refractivity contribution in [3.63, 3.8) is 0 Å². The largest absolute Gasteiger partial charge is 0.370 e. The van der Waals surface area contributed by atoms with Crippen molar-refractivity contribution in [2.24, 2.45) is 5.92 Å². The Morgan fingerprint density at radius 2 is 2.42 bits per heavy atom. The fourth-order valence-electron chi connectivity index (χ4n) is 1.38. The summed E-state index contributed by atoms with van der Waals surface area (Å²) >= 11 is 0. The molecule has 1 fully saturated rings. The molecule has 0 aromatic heterocycles. The second-order valence-electron chi connectivity index (χ2n) is 3.13. The van der Waals surface area contributed by atoms with E-state index in [9.17, 15) is 4.79 Å².